The van der Waals surface area contributed by atoms with Crippen LogP contribution in [0, 0.1) is 0 Å². The van der Waals surface area contributed by atoms with E-state index in [1.54, 1.807) is 4.90 Å². The largest absolute Gasteiger partial charge is 0.394 e. The maximum Gasteiger partial charge on any atom is 0.232 e. The first kappa shape index (κ1) is 9.86. The summed E-state index contributed by atoms with van der Waals surface area (Å²) in [6.45, 7) is 0.865. The van der Waals surface area contributed by atoms with Gasteiger partial charge in [-0.1, -0.05) is 0 Å². The Balaban J connectivity index is 2.52. The minimum Gasteiger partial charge on any atom is -0.394 e. The number of aliphatic hydroxyl groups excluding tert-OH is 1. The highest BCUT2D eigenvalue weighted by Gasteiger charge is 2.24. The number of carbonyl (C=O) groups is 1. The highest BCUT2D eigenvalue weighted by Crippen LogP contribution is 2.16. The van der Waals surface area contributed by atoms with Crippen LogP contribution in [0.25, 0.3) is 0 Å². The fourth-order valence-electron chi connectivity index (χ4n) is 1.61. The molecule has 1 saturated heterocycles. The van der Waals surface area contributed by atoms with Crippen molar-refractivity contribution in [1.82, 2.24) is 4.90 Å². The predicted molar refractivity (Wildman–Crippen MR) is 50.3 cm³/mol. The van der Waals surface area contributed by atoms with Gasteiger partial charge in [-0.25, -0.2) is 0 Å². The van der Waals surface area contributed by atoms with Gasteiger partial charge in [0.1, 0.15) is 0 Å². The number of rotatable bonds is 2. The summed E-state index contributed by atoms with van der Waals surface area (Å²) < 4.78 is 0. The van der Waals surface area contributed by atoms with Crippen LogP contribution in [0.5, 0.6) is 0 Å². The Labute approximate surface area is 78.2 Å². The molecule has 1 heterocycles. The van der Waals surface area contributed by atoms with Gasteiger partial charge < -0.3 is 10.0 Å². The first-order chi connectivity index (χ1) is 5.79. The summed E-state index contributed by atoms with van der Waals surface area (Å²) in [5.41, 5.74) is 0. The van der Waals surface area contributed by atoms with Crippen molar-refractivity contribution in [1.29, 1.82) is 0 Å². The molecule has 1 N–H and O–H groups in total. The summed E-state index contributed by atoms with van der Waals surface area (Å²) >= 11 is 3.93. The molecule has 1 aliphatic rings. The third-order valence-electron chi connectivity index (χ3n) is 2.29. The number of piperidine rings is 1. The Morgan fingerprint density at radius 3 is 2.92 bits per heavy atom. The van der Waals surface area contributed by atoms with Crippen molar-refractivity contribution in [2.45, 2.75) is 25.3 Å². The van der Waals surface area contributed by atoms with Crippen molar-refractivity contribution in [3.8, 4) is 0 Å². The van der Waals surface area contributed by atoms with E-state index in [2.05, 4.69) is 12.6 Å². The molecule has 1 rings (SSSR count). The van der Waals surface area contributed by atoms with Crippen LogP contribution in [0.2, 0.25) is 0 Å². The van der Waals surface area contributed by atoms with Crippen molar-refractivity contribution in [2.75, 3.05) is 18.9 Å². The first-order valence-corrected chi connectivity index (χ1v) is 4.94. The molecule has 0 aromatic heterocycles. The Morgan fingerprint density at radius 1 is 1.58 bits per heavy atom. The lowest BCUT2D eigenvalue weighted by Gasteiger charge is -2.34. The number of nitrogens with zero attached hydrogens (tertiary/aromatic N) is 1. The minimum absolute atomic E-state index is 0.0390. The van der Waals surface area contributed by atoms with Crippen molar-refractivity contribution < 1.29 is 9.90 Å². The van der Waals surface area contributed by atoms with Crippen LogP contribution in [0.3, 0.4) is 0 Å². The van der Waals surface area contributed by atoms with Crippen LogP contribution in [-0.2, 0) is 4.79 Å². The fraction of sp³-hybridized carbons (Fsp3) is 0.875. The molecule has 1 amide bonds. The van der Waals surface area contributed by atoms with E-state index in [0.717, 1.165) is 25.8 Å². The van der Waals surface area contributed by atoms with E-state index in [9.17, 15) is 4.79 Å². The number of thiol groups is 1. The van der Waals surface area contributed by atoms with Crippen LogP contribution < -0.4 is 0 Å². The molecule has 0 spiro atoms. The van der Waals surface area contributed by atoms with Crippen LogP contribution in [-0.4, -0.2) is 40.9 Å². The van der Waals surface area contributed by atoms with Gasteiger partial charge in [-0.2, -0.15) is 12.6 Å². The van der Waals surface area contributed by atoms with E-state index in [-0.39, 0.29) is 24.3 Å². The lowest BCUT2D eigenvalue weighted by Crippen LogP contribution is -2.46. The highest BCUT2D eigenvalue weighted by atomic mass is 32.1. The van der Waals surface area contributed by atoms with Crippen LogP contribution in [0.4, 0.5) is 0 Å². The van der Waals surface area contributed by atoms with E-state index in [1.165, 1.54) is 0 Å². The summed E-state index contributed by atoms with van der Waals surface area (Å²) in [4.78, 5) is 13.0. The number of likely N-dealkylation sites (tertiary alicyclic amines) is 1. The van der Waals surface area contributed by atoms with Crippen molar-refractivity contribution >= 4 is 18.5 Å². The summed E-state index contributed by atoms with van der Waals surface area (Å²) in [5, 5.41) is 8.99. The van der Waals surface area contributed by atoms with Gasteiger partial charge in [-0.05, 0) is 19.3 Å². The Kier molecular flexibility index (Phi) is 3.88. The summed E-state index contributed by atoms with van der Waals surface area (Å²) in [6.07, 6.45) is 3.09. The van der Waals surface area contributed by atoms with Gasteiger partial charge in [0.2, 0.25) is 5.91 Å². The minimum atomic E-state index is 0.0390. The monoisotopic (exact) mass is 189 g/mol. The second-order valence-electron chi connectivity index (χ2n) is 3.08. The van der Waals surface area contributed by atoms with Crippen LogP contribution >= 0.6 is 12.6 Å². The molecule has 4 heteroatoms. The third-order valence-corrected chi connectivity index (χ3v) is 2.56. The van der Waals surface area contributed by atoms with Gasteiger partial charge in [0.15, 0.2) is 0 Å². The molecule has 3 nitrogen and oxygen atoms in total. The molecule has 1 fully saturated rings. The average molecular weight is 189 g/mol. The molecule has 70 valence electrons. The molecule has 0 radical (unpaired) electrons. The lowest BCUT2D eigenvalue weighted by atomic mass is 10.0. The summed E-state index contributed by atoms with van der Waals surface area (Å²) in [7, 11) is 0. The third kappa shape index (κ3) is 2.14. The van der Waals surface area contributed by atoms with Gasteiger partial charge in [0, 0.05) is 6.54 Å². The smallest absolute Gasteiger partial charge is 0.232 e. The lowest BCUT2D eigenvalue weighted by molar-refractivity contribution is -0.132. The second kappa shape index (κ2) is 4.72. The molecular formula is C8H15NO2S. The number of hydrogen-bond acceptors (Lipinski definition) is 3. The van der Waals surface area contributed by atoms with E-state index >= 15 is 0 Å². The first-order valence-electron chi connectivity index (χ1n) is 4.30. The molecule has 0 saturated carbocycles. The van der Waals surface area contributed by atoms with Gasteiger partial charge in [-0.15, -0.1) is 0 Å². The van der Waals surface area contributed by atoms with Gasteiger partial charge in [-0.3, -0.25) is 4.79 Å². The van der Waals surface area contributed by atoms with E-state index in [4.69, 9.17) is 5.11 Å². The molecule has 1 unspecified atom stereocenters. The molecule has 0 aliphatic carbocycles. The topological polar surface area (TPSA) is 40.5 Å². The molecular weight excluding hydrogens is 174 g/mol. The Morgan fingerprint density at radius 2 is 2.33 bits per heavy atom. The SMILES string of the molecule is O=C(CS)N1CCCCC1CO. The standard InChI is InChI=1S/C8H15NO2S/c10-5-7-3-1-2-4-9(7)8(11)6-12/h7,10,12H,1-6H2. The van der Waals surface area contributed by atoms with E-state index < -0.39 is 0 Å². The fourth-order valence-corrected chi connectivity index (χ4v) is 1.79. The van der Waals surface area contributed by atoms with Crippen molar-refractivity contribution in [2.24, 2.45) is 0 Å². The second-order valence-corrected chi connectivity index (χ2v) is 3.39. The Hall–Kier alpha value is -0.220. The van der Waals surface area contributed by atoms with Gasteiger partial charge in [0.25, 0.3) is 0 Å². The predicted octanol–water partition coefficient (Wildman–Crippen LogP) is 0.290. The zero-order chi connectivity index (χ0) is 8.97. The van der Waals surface area contributed by atoms with Crippen LogP contribution in [0.15, 0.2) is 0 Å². The highest BCUT2D eigenvalue weighted by molar-refractivity contribution is 7.81. The molecule has 0 bridgehead atoms. The van der Waals surface area contributed by atoms with Gasteiger partial charge >= 0.3 is 0 Å². The molecule has 0 aromatic carbocycles. The zero-order valence-corrected chi connectivity index (χ0v) is 7.96. The Bertz CT molecular complexity index is 163. The van der Waals surface area contributed by atoms with Crippen molar-refractivity contribution in [3.05, 3.63) is 0 Å². The summed E-state index contributed by atoms with van der Waals surface area (Å²) in [5.74, 6) is 0.285. The van der Waals surface area contributed by atoms with E-state index in [0.29, 0.717) is 0 Å². The molecule has 1 aliphatic heterocycles. The zero-order valence-electron chi connectivity index (χ0n) is 7.07. The maximum absolute atomic E-state index is 11.3. The average Bonchev–Trinajstić information content (AvgIpc) is 2.16. The molecule has 1 atom stereocenters. The van der Waals surface area contributed by atoms with Crippen molar-refractivity contribution in [3.63, 3.8) is 0 Å². The molecule has 12 heavy (non-hydrogen) atoms. The van der Waals surface area contributed by atoms with Gasteiger partial charge in [0.05, 0.1) is 18.4 Å². The number of amides is 1. The van der Waals surface area contributed by atoms with Crippen LogP contribution in [0.1, 0.15) is 19.3 Å². The maximum atomic E-state index is 11.3. The number of hydrogen-bond donors (Lipinski definition) is 2. The van der Waals surface area contributed by atoms with E-state index in [1.807, 2.05) is 0 Å². The normalized spacial score (nSPS) is 24.2. The summed E-state index contributed by atoms with van der Waals surface area (Å²) in [6, 6.07) is 0.0402. The number of carbonyl (C=O) groups excluding carboxylic acids is 1. The number of aliphatic hydroxyl groups is 1. The molecule has 0 aromatic rings. The quantitative estimate of drug-likeness (QED) is 0.613.